The molecule has 0 aliphatic carbocycles. The van der Waals surface area contributed by atoms with Crippen molar-refractivity contribution in [2.24, 2.45) is 0 Å². The van der Waals surface area contributed by atoms with Gasteiger partial charge < -0.3 is 24.3 Å². The number of methoxy groups -OCH3 is 1. The van der Waals surface area contributed by atoms with Gasteiger partial charge in [-0.05, 0) is 19.4 Å². The Hall–Kier alpha value is -3.24. The molecule has 0 saturated carbocycles. The van der Waals surface area contributed by atoms with E-state index in [-0.39, 0.29) is 48.3 Å². The van der Waals surface area contributed by atoms with Gasteiger partial charge in [-0.1, -0.05) is 30.7 Å². The molecule has 194 valence electrons. The second-order valence-corrected chi connectivity index (χ2v) is 8.69. The maximum Gasteiger partial charge on any atom is 0.275 e. The van der Waals surface area contributed by atoms with Gasteiger partial charge in [0, 0.05) is 31.5 Å². The van der Waals surface area contributed by atoms with E-state index in [0.29, 0.717) is 6.61 Å². The first-order chi connectivity index (χ1) is 17.2. The standard InChI is InChI=1S/C25H28ClF2N3O5/c1-5-9-30-18(13-36-10-6-2)14(3)31-12-16(22(32)23(35-4)21(31)25(30)34)24(33)29-11-15-7-8-17(27)19(26)20(15)28/h5,7-8,12,14,18H,1,6,9-11,13H2,2-4H3,(H,29,33). The third-order valence-corrected chi connectivity index (χ3v) is 6.36. The number of fused-ring (bicyclic) bond motifs is 1. The van der Waals surface area contributed by atoms with Crippen LogP contribution in [-0.2, 0) is 11.3 Å². The van der Waals surface area contributed by atoms with Crippen molar-refractivity contribution in [2.75, 3.05) is 26.9 Å². The predicted molar refractivity (Wildman–Crippen MR) is 131 cm³/mol. The van der Waals surface area contributed by atoms with Crippen molar-refractivity contribution in [1.29, 1.82) is 0 Å². The van der Waals surface area contributed by atoms with Crippen molar-refractivity contribution >= 4 is 23.4 Å². The minimum atomic E-state index is -1.01. The molecule has 1 aromatic carbocycles. The van der Waals surface area contributed by atoms with Gasteiger partial charge in [-0.25, -0.2) is 8.78 Å². The monoisotopic (exact) mass is 523 g/mol. The summed E-state index contributed by atoms with van der Waals surface area (Å²) in [4.78, 5) is 41.1. The van der Waals surface area contributed by atoms with E-state index in [2.05, 4.69) is 11.9 Å². The fraction of sp³-hybridized carbons (Fsp3) is 0.400. The smallest absolute Gasteiger partial charge is 0.275 e. The van der Waals surface area contributed by atoms with E-state index in [1.165, 1.54) is 17.9 Å². The average Bonchev–Trinajstić information content (AvgIpc) is 2.86. The number of carbonyl (C=O) groups is 2. The molecule has 0 spiro atoms. The molecule has 0 radical (unpaired) electrons. The Morgan fingerprint density at radius 1 is 1.31 bits per heavy atom. The molecule has 36 heavy (non-hydrogen) atoms. The molecule has 1 aliphatic rings. The molecule has 2 unspecified atom stereocenters. The molecule has 2 aromatic rings. The number of halogens is 3. The second-order valence-electron chi connectivity index (χ2n) is 8.31. The summed E-state index contributed by atoms with van der Waals surface area (Å²) in [5.41, 5.74) is -1.14. The largest absolute Gasteiger partial charge is 0.491 e. The summed E-state index contributed by atoms with van der Waals surface area (Å²) < 4.78 is 40.2. The molecule has 3 rings (SSSR count). The summed E-state index contributed by atoms with van der Waals surface area (Å²) in [7, 11) is 1.24. The van der Waals surface area contributed by atoms with Crippen LogP contribution in [0.15, 0.2) is 35.8 Å². The van der Waals surface area contributed by atoms with Crippen LogP contribution in [-0.4, -0.2) is 54.2 Å². The van der Waals surface area contributed by atoms with Gasteiger partial charge in [0.05, 0.1) is 25.8 Å². The number of nitrogens with one attached hydrogen (secondary N) is 1. The van der Waals surface area contributed by atoms with Crippen LogP contribution in [0.2, 0.25) is 5.02 Å². The van der Waals surface area contributed by atoms with Crippen molar-refractivity contribution in [1.82, 2.24) is 14.8 Å². The summed E-state index contributed by atoms with van der Waals surface area (Å²) >= 11 is 5.60. The lowest BCUT2D eigenvalue weighted by molar-refractivity contribution is 0.0235. The first-order valence-electron chi connectivity index (χ1n) is 11.4. The first-order valence-corrected chi connectivity index (χ1v) is 11.8. The summed E-state index contributed by atoms with van der Waals surface area (Å²) in [6.07, 6.45) is 3.68. The van der Waals surface area contributed by atoms with E-state index in [4.69, 9.17) is 21.1 Å². The number of rotatable bonds is 10. The quantitative estimate of drug-likeness (QED) is 0.291. The predicted octanol–water partition coefficient (Wildman–Crippen LogP) is 3.72. The lowest BCUT2D eigenvalue weighted by atomic mass is 10.0. The number of ether oxygens (including phenoxy) is 2. The molecule has 0 fully saturated rings. The average molecular weight is 524 g/mol. The fourth-order valence-corrected chi connectivity index (χ4v) is 4.31. The van der Waals surface area contributed by atoms with Crippen LogP contribution in [0.25, 0.3) is 0 Å². The van der Waals surface area contributed by atoms with Crippen molar-refractivity contribution in [3.63, 3.8) is 0 Å². The third kappa shape index (κ3) is 5.15. The van der Waals surface area contributed by atoms with Gasteiger partial charge in [0.25, 0.3) is 11.8 Å². The Kier molecular flexibility index (Phi) is 8.86. The Labute approximate surface area is 212 Å². The Bertz CT molecular complexity index is 1230. The van der Waals surface area contributed by atoms with E-state index in [1.807, 2.05) is 13.8 Å². The maximum absolute atomic E-state index is 14.2. The van der Waals surface area contributed by atoms with Crippen LogP contribution in [0.1, 0.15) is 52.7 Å². The highest BCUT2D eigenvalue weighted by molar-refractivity contribution is 6.30. The number of amides is 2. The SMILES string of the molecule is C=CCN1C(=O)c2c(OC)c(=O)c(C(=O)NCc3ccc(F)c(Cl)c3F)cn2C(C)C1COCCC. The molecule has 1 aromatic heterocycles. The fourth-order valence-electron chi connectivity index (χ4n) is 4.13. The number of hydrogen-bond acceptors (Lipinski definition) is 5. The highest BCUT2D eigenvalue weighted by Gasteiger charge is 2.40. The van der Waals surface area contributed by atoms with Gasteiger partial charge in [0.15, 0.2) is 11.4 Å². The summed E-state index contributed by atoms with van der Waals surface area (Å²) in [6.45, 7) is 8.17. The molecule has 8 nitrogen and oxygen atoms in total. The Morgan fingerprint density at radius 3 is 2.67 bits per heavy atom. The van der Waals surface area contributed by atoms with Crippen LogP contribution >= 0.6 is 11.6 Å². The number of hydrogen-bond donors (Lipinski definition) is 1. The second kappa shape index (κ2) is 11.7. The van der Waals surface area contributed by atoms with Crippen LogP contribution in [0, 0.1) is 11.6 Å². The van der Waals surface area contributed by atoms with Crippen molar-refractivity contribution in [2.45, 2.75) is 38.9 Å². The zero-order chi connectivity index (χ0) is 26.6. The summed E-state index contributed by atoms with van der Waals surface area (Å²) in [5, 5.41) is 1.76. The van der Waals surface area contributed by atoms with Crippen molar-refractivity contribution in [3.8, 4) is 5.75 Å². The number of carbonyl (C=O) groups excluding carboxylic acids is 2. The summed E-state index contributed by atoms with van der Waals surface area (Å²) in [6, 6.07) is 1.34. The maximum atomic E-state index is 14.2. The van der Waals surface area contributed by atoms with Crippen LogP contribution in [0.5, 0.6) is 5.75 Å². The van der Waals surface area contributed by atoms with E-state index in [1.54, 1.807) is 11.0 Å². The Morgan fingerprint density at radius 2 is 2.03 bits per heavy atom. The molecule has 0 saturated heterocycles. The van der Waals surface area contributed by atoms with Crippen molar-refractivity contribution in [3.05, 3.63) is 74.7 Å². The minimum Gasteiger partial charge on any atom is -0.491 e. The Balaban J connectivity index is 2.00. The number of pyridine rings is 1. The van der Waals surface area contributed by atoms with E-state index in [9.17, 15) is 23.2 Å². The molecule has 1 N–H and O–H groups in total. The third-order valence-electron chi connectivity index (χ3n) is 6.02. The minimum absolute atomic E-state index is 0.0107. The van der Waals surface area contributed by atoms with Crippen LogP contribution in [0.4, 0.5) is 8.78 Å². The highest BCUT2D eigenvalue weighted by Crippen LogP contribution is 2.31. The molecular formula is C25H28ClF2N3O5. The van der Waals surface area contributed by atoms with Gasteiger partial charge >= 0.3 is 0 Å². The molecular weight excluding hydrogens is 496 g/mol. The molecule has 0 bridgehead atoms. The normalized spacial score (nSPS) is 17.1. The van der Waals surface area contributed by atoms with Gasteiger partial charge in [0.2, 0.25) is 5.43 Å². The highest BCUT2D eigenvalue weighted by atomic mass is 35.5. The van der Waals surface area contributed by atoms with Gasteiger partial charge in [0.1, 0.15) is 22.2 Å². The first kappa shape index (κ1) is 27.3. The van der Waals surface area contributed by atoms with Crippen LogP contribution < -0.4 is 15.5 Å². The molecule has 2 heterocycles. The van der Waals surface area contributed by atoms with E-state index < -0.39 is 39.9 Å². The molecule has 2 amide bonds. The summed E-state index contributed by atoms with van der Waals surface area (Å²) in [5.74, 6) is -3.49. The van der Waals surface area contributed by atoms with Gasteiger partial charge in [-0.3, -0.25) is 14.4 Å². The zero-order valence-corrected chi connectivity index (χ0v) is 21.0. The number of nitrogens with zero attached hydrogens (tertiary/aromatic N) is 2. The molecule has 2 atom stereocenters. The van der Waals surface area contributed by atoms with Crippen LogP contribution in [0.3, 0.4) is 0 Å². The molecule has 11 heteroatoms. The lowest BCUT2D eigenvalue weighted by Gasteiger charge is -2.42. The number of aromatic nitrogens is 1. The van der Waals surface area contributed by atoms with E-state index >= 15 is 0 Å². The van der Waals surface area contributed by atoms with Crippen molar-refractivity contribution < 1.29 is 27.8 Å². The number of benzene rings is 1. The van der Waals surface area contributed by atoms with Gasteiger partial charge in [-0.15, -0.1) is 6.58 Å². The topological polar surface area (TPSA) is 89.9 Å². The van der Waals surface area contributed by atoms with Gasteiger partial charge in [-0.2, -0.15) is 0 Å². The lowest BCUT2D eigenvalue weighted by Crippen LogP contribution is -2.53. The zero-order valence-electron chi connectivity index (χ0n) is 20.3. The molecule has 1 aliphatic heterocycles. The van der Waals surface area contributed by atoms with E-state index in [0.717, 1.165) is 18.6 Å².